The van der Waals surface area contributed by atoms with Crippen LogP contribution in [0, 0.1) is 0 Å². The van der Waals surface area contributed by atoms with E-state index in [1.807, 2.05) is 30.3 Å². The molecule has 1 aromatic rings. The molecule has 0 amide bonds. The Bertz CT molecular complexity index is 265. The lowest BCUT2D eigenvalue weighted by Gasteiger charge is -2.33. The van der Waals surface area contributed by atoms with Crippen molar-refractivity contribution < 1.29 is 5.11 Å². The number of hydrogen-bond donors (Lipinski definition) is 2. The first kappa shape index (κ1) is 8.73. The highest BCUT2D eigenvalue weighted by Gasteiger charge is 2.30. The van der Waals surface area contributed by atoms with Gasteiger partial charge in [-0.25, -0.2) is 0 Å². The van der Waals surface area contributed by atoms with E-state index in [-0.39, 0.29) is 0 Å². The van der Waals surface area contributed by atoms with Gasteiger partial charge in [-0.3, -0.25) is 0 Å². The highest BCUT2D eigenvalue weighted by Crippen LogP contribution is 2.27. The molecule has 1 heterocycles. The number of aliphatic hydroxyl groups is 1. The van der Waals surface area contributed by atoms with Crippen molar-refractivity contribution in [2.45, 2.75) is 18.4 Å². The Morgan fingerprint density at radius 2 is 2.00 bits per heavy atom. The van der Waals surface area contributed by atoms with Gasteiger partial charge in [0.05, 0.1) is 0 Å². The zero-order chi connectivity index (χ0) is 9.15. The van der Waals surface area contributed by atoms with Crippen LogP contribution < -0.4 is 5.32 Å². The summed E-state index contributed by atoms with van der Waals surface area (Å²) in [6, 6.07) is 9.91. The van der Waals surface area contributed by atoms with Crippen LogP contribution in [0.25, 0.3) is 0 Å². The van der Waals surface area contributed by atoms with E-state index in [0.29, 0.717) is 6.54 Å². The van der Waals surface area contributed by atoms with Gasteiger partial charge in [-0.2, -0.15) is 0 Å². The second-order valence-corrected chi connectivity index (χ2v) is 3.68. The molecular weight excluding hydrogens is 162 g/mol. The molecule has 1 aromatic carbocycles. The van der Waals surface area contributed by atoms with Gasteiger partial charge in [-0.15, -0.1) is 0 Å². The molecule has 1 saturated heterocycles. The summed E-state index contributed by atoms with van der Waals surface area (Å²) >= 11 is 0. The lowest BCUT2D eigenvalue weighted by atomic mass is 9.87. The molecule has 1 fully saturated rings. The predicted octanol–water partition coefficient (Wildman–Crippen LogP) is 1.26. The van der Waals surface area contributed by atoms with Gasteiger partial charge < -0.3 is 10.4 Å². The monoisotopic (exact) mass is 177 g/mol. The van der Waals surface area contributed by atoms with Gasteiger partial charge in [0, 0.05) is 6.54 Å². The molecule has 2 N–H and O–H groups in total. The summed E-state index contributed by atoms with van der Waals surface area (Å²) in [6.07, 6.45) is 1.91. The zero-order valence-corrected chi connectivity index (χ0v) is 7.66. The molecule has 0 bridgehead atoms. The van der Waals surface area contributed by atoms with E-state index in [9.17, 15) is 5.11 Å². The molecule has 0 radical (unpaired) electrons. The summed E-state index contributed by atoms with van der Waals surface area (Å²) in [4.78, 5) is 0. The van der Waals surface area contributed by atoms with Crippen LogP contribution in [0.15, 0.2) is 30.3 Å². The fraction of sp³-hybridized carbons (Fsp3) is 0.455. The molecule has 0 spiro atoms. The van der Waals surface area contributed by atoms with Gasteiger partial charge in [-0.05, 0) is 24.9 Å². The molecule has 1 atom stereocenters. The minimum absolute atomic E-state index is 0.639. The first-order valence-corrected chi connectivity index (χ1v) is 4.80. The highest BCUT2D eigenvalue weighted by molar-refractivity contribution is 5.23. The van der Waals surface area contributed by atoms with Crippen LogP contribution in [-0.4, -0.2) is 18.2 Å². The van der Waals surface area contributed by atoms with Crippen molar-refractivity contribution in [3.63, 3.8) is 0 Å². The van der Waals surface area contributed by atoms with Crippen LogP contribution in [0.3, 0.4) is 0 Å². The molecule has 1 aliphatic heterocycles. The minimum Gasteiger partial charge on any atom is -0.384 e. The van der Waals surface area contributed by atoms with Crippen LogP contribution in [0.2, 0.25) is 0 Å². The average Bonchev–Trinajstić information content (AvgIpc) is 2.20. The van der Waals surface area contributed by atoms with E-state index in [1.54, 1.807) is 0 Å². The van der Waals surface area contributed by atoms with Crippen LogP contribution in [0.4, 0.5) is 0 Å². The summed E-state index contributed by atoms with van der Waals surface area (Å²) in [5, 5.41) is 13.5. The maximum absolute atomic E-state index is 10.3. The fourth-order valence-electron chi connectivity index (χ4n) is 1.88. The maximum atomic E-state index is 10.3. The molecule has 70 valence electrons. The third-order valence-corrected chi connectivity index (χ3v) is 2.67. The molecule has 1 aliphatic rings. The molecule has 2 nitrogen and oxygen atoms in total. The van der Waals surface area contributed by atoms with E-state index in [1.165, 1.54) is 0 Å². The lowest BCUT2D eigenvalue weighted by molar-refractivity contribution is 0.0123. The van der Waals surface area contributed by atoms with E-state index in [0.717, 1.165) is 24.9 Å². The Morgan fingerprint density at radius 1 is 1.23 bits per heavy atom. The van der Waals surface area contributed by atoms with Crippen LogP contribution in [0.5, 0.6) is 0 Å². The molecule has 0 saturated carbocycles. The zero-order valence-electron chi connectivity index (χ0n) is 7.66. The first-order valence-electron chi connectivity index (χ1n) is 4.80. The van der Waals surface area contributed by atoms with Gasteiger partial charge in [0.25, 0.3) is 0 Å². The van der Waals surface area contributed by atoms with Crippen molar-refractivity contribution in [2.75, 3.05) is 13.1 Å². The minimum atomic E-state index is -0.639. The van der Waals surface area contributed by atoms with E-state index in [2.05, 4.69) is 5.32 Å². The van der Waals surface area contributed by atoms with Crippen LogP contribution in [0.1, 0.15) is 18.4 Å². The summed E-state index contributed by atoms with van der Waals surface area (Å²) < 4.78 is 0. The van der Waals surface area contributed by atoms with Gasteiger partial charge in [-0.1, -0.05) is 30.3 Å². The third kappa shape index (κ3) is 1.74. The Hall–Kier alpha value is -0.860. The second kappa shape index (κ2) is 3.48. The van der Waals surface area contributed by atoms with Crippen molar-refractivity contribution in [1.82, 2.24) is 5.32 Å². The quantitative estimate of drug-likeness (QED) is 0.677. The predicted molar refractivity (Wildman–Crippen MR) is 52.4 cm³/mol. The highest BCUT2D eigenvalue weighted by atomic mass is 16.3. The summed E-state index contributed by atoms with van der Waals surface area (Å²) in [6.45, 7) is 1.70. The lowest BCUT2D eigenvalue weighted by Crippen LogP contribution is -2.43. The Morgan fingerprint density at radius 3 is 2.62 bits per heavy atom. The Balaban J connectivity index is 2.23. The smallest absolute Gasteiger partial charge is 0.102 e. The number of nitrogens with one attached hydrogen (secondary N) is 1. The van der Waals surface area contributed by atoms with Gasteiger partial charge >= 0.3 is 0 Å². The second-order valence-electron chi connectivity index (χ2n) is 3.68. The molecule has 2 rings (SSSR count). The SMILES string of the molecule is OC1(c2ccccc2)CCCNC1. The topological polar surface area (TPSA) is 32.3 Å². The summed E-state index contributed by atoms with van der Waals surface area (Å²) in [7, 11) is 0. The van der Waals surface area contributed by atoms with Crippen molar-refractivity contribution in [2.24, 2.45) is 0 Å². The normalized spacial score (nSPS) is 28.7. The van der Waals surface area contributed by atoms with E-state index < -0.39 is 5.60 Å². The van der Waals surface area contributed by atoms with Gasteiger partial charge in [0.15, 0.2) is 0 Å². The molecule has 1 unspecified atom stereocenters. The fourth-order valence-corrected chi connectivity index (χ4v) is 1.88. The number of rotatable bonds is 1. The summed E-state index contributed by atoms with van der Waals surface area (Å²) in [5.74, 6) is 0. The first-order chi connectivity index (χ1) is 6.31. The third-order valence-electron chi connectivity index (χ3n) is 2.67. The molecule has 0 aliphatic carbocycles. The summed E-state index contributed by atoms with van der Waals surface area (Å²) in [5.41, 5.74) is 0.390. The van der Waals surface area contributed by atoms with Crippen molar-refractivity contribution in [3.8, 4) is 0 Å². The number of benzene rings is 1. The molecule has 0 aromatic heterocycles. The van der Waals surface area contributed by atoms with Crippen LogP contribution in [-0.2, 0) is 5.60 Å². The van der Waals surface area contributed by atoms with Gasteiger partial charge in [0.2, 0.25) is 0 Å². The Labute approximate surface area is 78.6 Å². The Kier molecular flexibility index (Phi) is 2.34. The van der Waals surface area contributed by atoms with Crippen LogP contribution >= 0.6 is 0 Å². The van der Waals surface area contributed by atoms with Crippen molar-refractivity contribution in [1.29, 1.82) is 0 Å². The number of piperidine rings is 1. The number of hydrogen-bond acceptors (Lipinski definition) is 2. The largest absolute Gasteiger partial charge is 0.384 e. The molecule has 2 heteroatoms. The molecule has 13 heavy (non-hydrogen) atoms. The molecular formula is C11H15NO. The standard InChI is InChI=1S/C11H15NO/c13-11(7-4-8-12-9-11)10-5-2-1-3-6-10/h1-3,5-6,12-13H,4,7-9H2. The average molecular weight is 177 g/mol. The number of β-amino-alcohol motifs (C(OH)–C–C–N with tert-alkyl or cyclic N) is 1. The van der Waals surface area contributed by atoms with E-state index >= 15 is 0 Å². The van der Waals surface area contributed by atoms with E-state index in [4.69, 9.17) is 0 Å². The van der Waals surface area contributed by atoms with Crippen molar-refractivity contribution >= 4 is 0 Å². The van der Waals surface area contributed by atoms with Gasteiger partial charge in [0.1, 0.15) is 5.60 Å². The van der Waals surface area contributed by atoms with Crippen molar-refractivity contribution in [3.05, 3.63) is 35.9 Å². The maximum Gasteiger partial charge on any atom is 0.102 e.